The number of carbonyl (C=O) groups excluding carboxylic acids is 1. The first-order valence-electron chi connectivity index (χ1n) is 7.59. The van der Waals surface area contributed by atoms with E-state index in [9.17, 15) is 4.79 Å². The van der Waals surface area contributed by atoms with Gasteiger partial charge in [0.15, 0.2) is 0 Å². The molecule has 18 heavy (non-hydrogen) atoms. The molecule has 3 nitrogen and oxygen atoms in total. The van der Waals surface area contributed by atoms with Gasteiger partial charge in [-0.05, 0) is 43.4 Å². The molecule has 1 saturated carbocycles. The molecule has 1 aliphatic heterocycles. The fourth-order valence-corrected chi connectivity index (χ4v) is 3.59. The van der Waals surface area contributed by atoms with Gasteiger partial charge < -0.3 is 10.6 Å². The van der Waals surface area contributed by atoms with Crippen molar-refractivity contribution in [1.82, 2.24) is 4.90 Å². The molecule has 0 aromatic heterocycles. The van der Waals surface area contributed by atoms with E-state index < -0.39 is 0 Å². The van der Waals surface area contributed by atoms with Crippen molar-refractivity contribution >= 4 is 5.91 Å². The number of hydrogen-bond acceptors (Lipinski definition) is 2. The van der Waals surface area contributed by atoms with Crippen LogP contribution in [0.15, 0.2) is 0 Å². The minimum atomic E-state index is 0.267. The molecule has 1 aliphatic carbocycles. The molecule has 0 bridgehead atoms. The summed E-state index contributed by atoms with van der Waals surface area (Å²) in [6, 6.07) is 0.267. The minimum Gasteiger partial charge on any atom is -0.342 e. The van der Waals surface area contributed by atoms with Crippen LogP contribution in [0, 0.1) is 17.8 Å². The summed E-state index contributed by atoms with van der Waals surface area (Å²) in [5.74, 6) is 2.27. The Labute approximate surface area is 111 Å². The quantitative estimate of drug-likeness (QED) is 0.835. The highest BCUT2D eigenvalue weighted by atomic mass is 16.2. The van der Waals surface area contributed by atoms with Crippen LogP contribution in [0.2, 0.25) is 0 Å². The number of likely N-dealkylation sites (tertiary alicyclic amines) is 1. The van der Waals surface area contributed by atoms with E-state index in [0.717, 1.165) is 37.8 Å². The lowest BCUT2D eigenvalue weighted by atomic mass is 9.96. The number of hydrogen-bond donors (Lipinski definition) is 1. The third-order valence-corrected chi connectivity index (χ3v) is 4.60. The monoisotopic (exact) mass is 252 g/mol. The molecule has 1 unspecified atom stereocenters. The van der Waals surface area contributed by atoms with Gasteiger partial charge in [0, 0.05) is 25.6 Å². The van der Waals surface area contributed by atoms with E-state index in [4.69, 9.17) is 5.73 Å². The van der Waals surface area contributed by atoms with Gasteiger partial charge in [-0.15, -0.1) is 0 Å². The molecule has 1 heterocycles. The number of carbonyl (C=O) groups is 1. The van der Waals surface area contributed by atoms with Gasteiger partial charge >= 0.3 is 0 Å². The number of nitrogens with two attached hydrogens (primary N) is 1. The maximum Gasteiger partial charge on any atom is 0.222 e. The third kappa shape index (κ3) is 3.47. The van der Waals surface area contributed by atoms with E-state index in [2.05, 4.69) is 18.7 Å². The van der Waals surface area contributed by atoms with Gasteiger partial charge in [0.25, 0.3) is 0 Å². The van der Waals surface area contributed by atoms with E-state index in [1.807, 2.05) is 0 Å². The molecule has 2 rings (SSSR count). The Morgan fingerprint density at radius 2 is 2.11 bits per heavy atom. The Bertz CT molecular complexity index is 290. The Balaban J connectivity index is 1.76. The van der Waals surface area contributed by atoms with Crippen LogP contribution in [0.1, 0.15) is 52.4 Å². The fourth-order valence-electron chi connectivity index (χ4n) is 3.59. The Morgan fingerprint density at radius 1 is 1.33 bits per heavy atom. The molecule has 0 radical (unpaired) electrons. The van der Waals surface area contributed by atoms with Gasteiger partial charge in [-0.1, -0.05) is 20.3 Å². The van der Waals surface area contributed by atoms with Gasteiger partial charge in [-0.2, -0.15) is 0 Å². The molecule has 0 aromatic rings. The van der Waals surface area contributed by atoms with Crippen LogP contribution < -0.4 is 5.73 Å². The summed E-state index contributed by atoms with van der Waals surface area (Å²) in [5.41, 5.74) is 6.05. The van der Waals surface area contributed by atoms with Crippen LogP contribution in [0.25, 0.3) is 0 Å². The maximum absolute atomic E-state index is 12.2. The molecule has 3 heteroatoms. The largest absolute Gasteiger partial charge is 0.342 e. The summed E-state index contributed by atoms with van der Waals surface area (Å²) in [5, 5.41) is 0. The highest BCUT2D eigenvalue weighted by Crippen LogP contribution is 2.29. The van der Waals surface area contributed by atoms with Crippen molar-refractivity contribution in [2.75, 3.05) is 13.1 Å². The lowest BCUT2D eigenvalue weighted by molar-refractivity contribution is -0.131. The molecule has 1 amide bonds. The number of amides is 1. The second kappa shape index (κ2) is 6.05. The second-order valence-corrected chi connectivity index (χ2v) is 6.68. The van der Waals surface area contributed by atoms with Gasteiger partial charge in [0.05, 0.1) is 0 Å². The van der Waals surface area contributed by atoms with E-state index in [1.54, 1.807) is 0 Å². The minimum absolute atomic E-state index is 0.267. The smallest absolute Gasteiger partial charge is 0.222 e. The zero-order chi connectivity index (χ0) is 13.1. The molecule has 0 spiro atoms. The first kappa shape index (κ1) is 13.9. The lowest BCUT2D eigenvalue weighted by Gasteiger charge is -2.21. The molecule has 104 valence electrons. The Kier molecular flexibility index (Phi) is 4.66. The standard InChI is InChI=1S/C15H28N2O/c1-11(2)8-12-6-7-17(10-12)15(18)9-13-4-3-5-14(13)16/h11-14H,3-10,16H2,1-2H3/t12?,13-,14+/m0/s1. The summed E-state index contributed by atoms with van der Waals surface area (Å²) >= 11 is 0. The average Bonchev–Trinajstić information content (AvgIpc) is 2.88. The van der Waals surface area contributed by atoms with Gasteiger partial charge in [0.1, 0.15) is 0 Å². The van der Waals surface area contributed by atoms with Crippen molar-refractivity contribution < 1.29 is 4.79 Å². The van der Waals surface area contributed by atoms with Crippen molar-refractivity contribution in [2.45, 2.75) is 58.4 Å². The van der Waals surface area contributed by atoms with Crippen LogP contribution >= 0.6 is 0 Å². The summed E-state index contributed by atoms with van der Waals surface area (Å²) in [7, 11) is 0. The normalized spacial score (nSPS) is 32.4. The van der Waals surface area contributed by atoms with Crippen molar-refractivity contribution in [3.8, 4) is 0 Å². The number of nitrogens with zero attached hydrogens (tertiary/aromatic N) is 1. The summed E-state index contributed by atoms with van der Waals surface area (Å²) in [6.07, 6.45) is 6.60. The van der Waals surface area contributed by atoms with E-state index >= 15 is 0 Å². The van der Waals surface area contributed by atoms with E-state index in [1.165, 1.54) is 19.3 Å². The highest BCUT2D eigenvalue weighted by molar-refractivity contribution is 5.76. The number of rotatable bonds is 4. The molecule has 2 aliphatic rings. The van der Waals surface area contributed by atoms with Crippen LogP contribution in [0.4, 0.5) is 0 Å². The molecule has 2 N–H and O–H groups in total. The predicted octanol–water partition coefficient (Wildman–Crippen LogP) is 2.40. The fraction of sp³-hybridized carbons (Fsp3) is 0.933. The van der Waals surface area contributed by atoms with Crippen LogP contribution in [-0.2, 0) is 4.79 Å². The van der Waals surface area contributed by atoms with Gasteiger partial charge in [-0.3, -0.25) is 4.79 Å². The van der Waals surface area contributed by atoms with Crippen LogP contribution in [0.5, 0.6) is 0 Å². The predicted molar refractivity (Wildman–Crippen MR) is 74.1 cm³/mol. The van der Waals surface area contributed by atoms with Crippen LogP contribution in [-0.4, -0.2) is 29.9 Å². The topological polar surface area (TPSA) is 46.3 Å². The molecular weight excluding hydrogens is 224 g/mol. The molecule has 3 atom stereocenters. The Morgan fingerprint density at radius 3 is 2.72 bits per heavy atom. The average molecular weight is 252 g/mol. The van der Waals surface area contributed by atoms with Crippen molar-refractivity contribution in [3.05, 3.63) is 0 Å². The first-order valence-corrected chi connectivity index (χ1v) is 7.59. The molecule has 0 aromatic carbocycles. The maximum atomic E-state index is 12.2. The summed E-state index contributed by atoms with van der Waals surface area (Å²) in [6.45, 7) is 6.49. The zero-order valence-electron chi connectivity index (χ0n) is 11.9. The van der Waals surface area contributed by atoms with Crippen molar-refractivity contribution in [1.29, 1.82) is 0 Å². The van der Waals surface area contributed by atoms with Gasteiger partial charge in [-0.25, -0.2) is 0 Å². The highest BCUT2D eigenvalue weighted by Gasteiger charge is 2.31. The van der Waals surface area contributed by atoms with Crippen LogP contribution in [0.3, 0.4) is 0 Å². The van der Waals surface area contributed by atoms with Gasteiger partial charge in [0.2, 0.25) is 5.91 Å². The first-order chi connectivity index (χ1) is 8.56. The summed E-state index contributed by atoms with van der Waals surface area (Å²) in [4.78, 5) is 14.3. The van der Waals surface area contributed by atoms with Crippen molar-refractivity contribution in [2.24, 2.45) is 23.5 Å². The molecule has 1 saturated heterocycles. The third-order valence-electron chi connectivity index (χ3n) is 4.60. The zero-order valence-corrected chi connectivity index (χ0v) is 11.9. The van der Waals surface area contributed by atoms with E-state index in [-0.39, 0.29) is 6.04 Å². The Hall–Kier alpha value is -0.570. The lowest BCUT2D eigenvalue weighted by Crippen LogP contribution is -2.34. The molecule has 2 fully saturated rings. The van der Waals surface area contributed by atoms with Crippen molar-refractivity contribution in [3.63, 3.8) is 0 Å². The second-order valence-electron chi connectivity index (χ2n) is 6.68. The van der Waals surface area contributed by atoms with E-state index in [0.29, 0.717) is 18.2 Å². The SMILES string of the molecule is CC(C)CC1CCN(C(=O)C[C@@H]2CCC[C@H]2N)C1. The molecular formula is C15H28N2O. The summed E-state index contributed by atoms with van der Waals surface area (Å²) < 4.78 is 0.